The minimum atomic E-state index is -3.36. The summed E-state index contributed by atoms with van der Waals surface area (Å²) < 4.78 is 31.8. The summed E-state index contributed by atoms with van der Waals surface area (Å²) in [5.74, 6) is -0.186. The summed E-state index contributed by atoms with van der Waals surface area (Å²) in [6, 6.07) is 0.234. The normalized spacial score (nSPS) is 24.9. The summed E-state index contributed by atoms with van der Waals surface area (Å²) >= 11 is 0. The smallest absolute Gasteiger partial charge is 0.221 e. The number of halogens is 1. The van der Waals surface area contributed by atoms with Crippen LogP contribution in [0.2, 0.25) is 0 Å². The van der Waals surface area contributed by atoms with Crippen LogP contribution in [0.25, 0.3) is 0 Å². The number of ether oxygens (including phenoxy) is 1. The highest BCUT2D eigenvalue weighted by Crippen LogP contribution is 2.11. The van der Waals surface area contributed by atoms with Crippen LogP contribution in [-0.4, -0.2) is 58.5 Å². The van der Waals surface area contributed by atoms with Gasteiger partial charge in [-0.05, 0) is 38.6 Å². The van der Waals surface area contributed by atoms with Gasteiger partial charge >= 0.3 is 0 Å². The zero-order chi connectivity index (χ0) is 15.8. The zero-order valence-corrected chi connectivity index (χ0v) is 15.0. The van der Waals surface area contributed by atoms with E-state index in [-0.39, 0.29) is 42.8 Å². The molecule has 2 heterocycles. The number of carbonyl (C=O) groups excluding carboxylic acids is 1. The highest BCUT2D eigenvalue weighted by atomic mass is 35.5. The minimum absolute atomic E-state index is 0. The van der Waals surface area contributed by atoms with Crippen LogP contribution >= 0.6 is 12.4 Å². The largest absolute Gasteiger partial charge is 0.377 e. The lowest BCUT2D eigenvalue weighted by atomic mass is 10.1. The maximum Gasteiger partial charge on any atom is 0.221 e. The SMILES string of the molecule is Cl.O=C(CC1CCCN1)NCCS(=O)(=O)NCC1CCCCO1. The second-order valence-corrected chi connectivity index (χ2v) is 7.93. The van der Waals surface area contributed by atoms with Gasteiger partial charge in [-0.1, -0.05) is 0 Å². The van der Waals surface area contributed by atoms with E-state index >= 15 is 0 Å². The molecule has 0 radical (unpaired) electrons. The molecule has 2 aliphatic rings. The van der Waals surface area contributed by atoms with Gasteiger partial charge in [-0.2, -0.15) is 0 Å². The van der Waals surface area contributed by atoms with Crippen LogP contribution in [0.5, 0.6) is 0 Å². The average Bonchev–Trinajstić information content (AvgIpc) is 2.99. The quantitative estimate of drug-likeness (QED) is 0.566. The van der Waals surface area contributed by atoms with Crippen LogP contribution in [0.15, 0.2) is 0 Å². The molecule has 0 aliphatic carbocycles. The Labute approximate surface area is 144 Å². The van der Waals surface area contributed by atoms with E-state index in [9.17, 15) is 13.2 Å². The second kappa shape index (κ2) is 10.5. The van der Waals surface area contributed by atoms with Crippen molar-refractivity contribution < 1.29 is 17.9 Å². The van der Waals surface area contributed by atoms with Crippen LogP contribution in [0.3, 0.4) is 0 Å². The Bertz CT molecular complexity index is 449. The summed E-state index contributed by atoms with van der Waals surface area (Å²) in [6.07, 6.45) is 5.53. The van der Waals surface area contributed by atoms with Crippen LogP contribution in [-0.2, 0) is 19.6 Å². The topological polar surface area (TPSA) is 96.5 Å². The number of nitrogens with one attached hydrogen (secondary N) is 3. The van der Waals surface area contributed by atoms with Crippen molar-refractivity contribution in [3.63, 3.8) is 0 Å². The van der Waals surface area contributed by atoms with Crippen molar-refractivity contribution in [2.75, 3.05) is 32.0 Å². The highest BCUT2D eigenvalue weighted by molar-refractivity contribution is 7.89. The Hall–Kier alpha value is -0.410. The minimum Gasteiger partial charge on any atom is -0.377 e. The lowest BCUT2D eigenvalue weighted by molar-refractivity contribution is -0.121. The van der Waals surface area contributed by atoms with Gasteiger partial charge in [-0.25, -0.2) is 13.1 Å². The number of rotatable bonds is 8. The molecule has 136 valence electrons. The predicted molar refractivity (Wildman–Crippen MR) is 91.3 cm³/mol. The number of carbonyl (C=O) groups is 1. The number of sulfonamides is 1. The van der Waals surface area contributed by atoms with Gasteiger partial charge in [-0.3, -0.25) is 4.79 Å². The van der Waals surface area contributed by atoms with Crippen molar-refractivity contribution >= 4 is 28.3 Å². The fraction of sp³-hybridized carbons (Fsp3) is 0.929. The van der Waals surface area contributed by atoms with Gasteiger partial charge < -0.3 is 15.4 Å². The molecule has 2 aliphatic heterocycles. The van der Waals surface area contributed by atoms with E-state index < -0.39 is 10.0 Å². The van der Waals surface area contributed by atoms with E-state index in [0.29, 0.717) is 19.6 Å². The van der Waals surface area contributed by atoms with E-state index in [4.69, 9.17) is 4.74 Å². The third-order valence-corrected chi connectivity index (χ3v) is 5.44. The van der Waals surface area contributed by atoms with E-state index in [0.717, 1.165) is 38.6 Å². The summed E-state index contributed by atoms with van der Waals surface area (Å²) in [5, 5.41) is 5.92. The first-order valence-electron chi connectivity index (χ1n) is 8.14. The van der Waals surface area contributed by atoms with Gasteiger partial charge in [-0.15, -0.1) is 12.4 Å². The molecule has 2 unspecified atom stereocenters. The van der Waals surface area contributed by atoms with E-state index in [1.165, 1.54) is 0 Å². The third-order valence-electron chi connectivity index (χ3n) is 4.09. The van der Waals surface area contributed by atoms with Crippen LogP contribution < -0.4 is 15.4 Å². The van der Waals surface area contributed by atoms with Gasteiger partial charge in [0, 0.05) is 32.2 Å². The Morgan fingerprint density at radius 2 is 2.04 bits per heavy atom. The Morgan fingerprint density at radius 1 is 1.22 bits per heavy atom. The molecule has 2 atom stereocenters. The van der Waals surface area contributed by atoms with Gasteiger partial charge in [0.1, 0.15) is 0 Å². The number of amides is 1. The fourth-order valence-corrected chi connectivity index (χ4v) is 3.77. The lowest BCUT2D eigenvalue weighted by Gasteiger charge is -2.22. The Balaban J connectivity index is 0.00000264. The molecule has 7 nitrogen and oxygen atoms in total. The first-order valence-corrected chi connectivity index (χ1v) is 9.79. The lowest BCUT2D eigenvalue weighted by Crippen LogP contribution is -2.40. The highest BCUT2D eigenvalue weighted by Gasteiger charge is 2.19. The molecule has 0 aromatic carbocycles. The molecule has 2 fully saturated rings. The first-order chi connectivity index (χ1) is 10.6. The van der Waals surface area contributed by atoms with Crippen molar-refractivity contribution in [2.45, 2.75) is 50.7 Å². The van der Waals surface area contributed by atoms with E-state index in [1.54, 1.807) is 0 Å². The van der Waals surface area contributed by atoms with Crippen molar-refractivity contribution in [3.8, 4) is 0 Å². The molecule has 9 heteroatoms. The monoisotopic (exact) mass is 369 g/mol. The molecule has 0 aromatic rings. The molecular formula is C14H28ClN3O4S. The molecule has 23 heavy (non-hydrogen) atoms. The molecular weight excluding hydrogens is 342 g/mol. The maximum absolute atomic E-state index is 11.9. The van der Waals surface area contributed by atoms with Gasteiger partial charge in [0.25, 0.3) is 0 Å². The van der Waals surface area contributed by atoms with Crippen molar-refractivity contribution in [2.24, 2.45) is 0 Å². The molecule has 2 saturated heterocycles. The molecule has 0 aromatic heterocycles. The van der Waals surface area contributed by atoms with E-state index in [1.807, 2.05) is 0 Å². The Morgan fingerprint density at radius 3 is 2.70 bits per heavy atom. The standard InChI is InChI=1S/C14H27N3O4S.ClH/c18-14(10-12-4-3-6-15-12)16-7-9-22(19,20)17-11-13-5-1-2-8-21-13;/h12-13,15,17H,1-11H2,(H,16,18);1H. The van der Waals surface area contributed by atoms with Gasteiger partial charge in [0.05, 0.1) is 11.9 Å². The molecule has 0 bridgehead atoms. The summed E-state index contributed by atoms with van der Waals surface area (Å²) in [6.45, 7) is 2.13. The second-order valence-electron chi connectivity index (χ2n) is 6.00. The predicted octanol–water partition coefficient (Wildman–Crippen LogP) is 0.155. The van der Waals surface area contributed by atoms with Crippen molar-refractivity contribution in [1.29, 1.82) is 0 Å². The molecule has 1 amide bonds. The van der Waals surface area contributed by atoms with Crippen molar-refractivity contribution in [3.05, 3.63) is 0 Å². The van der Waals surface area contributed by atoms with Crippen LogP contribution in [0.1, 0.15) is 38.5 Å². The number of hydrogen-bond acceptors (Lipinski definition) is 5. The summed E-state index contributed by atoms with van der Waals surface area (Å²) in [7, 11) is -3.36. The summed E-state index contributed by atoms with van der Waals surface area (Å²) in [4.78, 5) is 11.7. The van der Waals surface area contributed by atoms with Crippen molar-refractivity contribution in [1.82, 2.24) is 15.4 Å². The van der Waals surface area contributed by atoms with Gasteiger partial charge in [0.15, 0.2) is 0 Å². The average molecular weight is 370 g/mol. The number of hydrogen-bond donors (Lipinski definition) is 3. The Kier molecular flexibility index (Phi) is 9.38. The summed E-state index contributed by atoms with van der Waals surface area (Å²) in [5.41, 5.74) is 0. The zero-order valence-electron chi connectivity index (χ0n) is 13.4. The fourth-order valence-electron chi connectivity index (χ4n) is 2.81. The van der Waals surface area contributed by atoms with Crippen LogP contribution in [0.4, 0.5) is 0 Å². The molecule has 0 spiro atoms. The first kappa shape index (κ1) is 20.6. The molecule has 2 rings (SSSR count). The third kappa shape index (κ3) is 8.30. The maximum atomic E-state index is 11.9. The molecule has 3 N–H and O–H groups in total. The van der Waals surface area contributed by atoms with Gasteiger partial charge in [0.2, 0.25) is 15.9 Å². The van der Waals surface area contributed by atoms with Crippen LogP contribution in [0, 0.1) is 0 Å². The van der Waals surface area contributed by atoms with E-state index in [2.05, 4.69) is 15.4 Å². The molecule has 0 saturated carbocycles.